The molecule has 3 heterocycles. The number of anilines is 2. The van der Waals surface area contributed by atoms with Gasteiger partial charge in [0, 0.05) is 12.1 Å². The fraction of sp³-hybridized carbons (Fsp3) is 0.364. The van der Waals surface area contributed by atoms with E-state index in [4.69, 9.17) is 21.2 Å². The number of carbonyl (C=O) groups is 1. The predicted octanol–water partition coefficient (Wildman–Crippen LogP) is 2.87. The number of carbonyl (C=O) groups excluding carboxylic acids is 1. The number of nitrogen functional groups attached to an aromatic ring is 1. The molecule has 1 saturated heterocycles. The number of nitrogens with zero attached hydrogens (tertiary/aromatic N) is 4. The van der Waals surface area contributed by atoms with Crippen molar-refractivity contribution in [3.8, 4) is 11.3 Å². The minimum absolute atomic E-state index is 0.0896. The van der Waals surface area contributed by atoms with Crippen LogP contribution in [0, 0.1) is 11.7 Å². The molecule has 0 saturated carbocycles. The number of benzene rings is 1. The van der Waals surface area contributed by atoms with E-state index in [0.717, 1.165) is 5.56 Å². The minimum atomic E-state index is -0.636. The first-order chi connectivity index (χ1) is 14.6. The normalized spacial score (nSPS) is 19.1. The molecule has 2 aromatic heterocycles. The van der Waals surface area contributed by atoms with Gasteiger partial charge in [-0.15, -0.1) is 0 Å². The van der Waals surface area contributed by atoms with Gasteiger partial charge >= 0.3 is 5.97 Å². The number of halogens is 1. The number of nitrogens with two attached hydrogens (primary N) is 2. The number of hydrogen-bond donors (Lipinski definition) is 2. The minimum Gasteiger partial charge on any atom is -0.460 e. The van der Waals surface area contributed by atoms with Crippen LogP contribution in [0.3, 0.4) is 0 Å². The van der Waals surface area contributed by atoms with Gasteiger partial charge in [-0.2, -0.15) is 4.98 Å². The maximum absolute atomic E-state index is 13.3. The van der Waals surface area contributed by atoms with Crippen molar-refractivity contribution < 1.29 is 13.9 Å². The van der Waals surface area contributed by atoms with E-state index in [0.29, 0.717) is 35.5 Å². The summed E-state index contributed by atoms with van der Waals surface area (Å²) < 4.78 is 18.8. The summed E-state index contributed by atoms with van der Waals surface area (Å²) in [6.45, 7) is 5.97. The number of aromatic nitrogens is 3. The zero-order chi connectivity index (χ0) is 22.3. The van der Waals surface area contributed by atoms with E-state index in [1.807, 2.05) is 25.7 Å². The second kappa shape index (κ2) is 7.73. The second-order valence-electron chi connectivity index (χ2n) is 8.59. The lowest BCUT2D eigenvalue weighted by Crippen LogP contribution is -2.45. The molecule has 3 aromatic rings. The van der Waals surface area contributed by atoms with Crippen LogP contribution in [0.15, 0.2) is 36.4 Å². The first-order valence-corrected chi connectivity index (χ1v) is 10.1. The maximum atomic E-state index is 13.3. The van der Waals surface area contributed by atoms with Gasteiger partial charge in [0.05, 0.1) is 23.3 Å². The zero-order valence-electron chi connectivity index (χ0n) is 17.7. The molecular formula is C22H25FN6O2. The van der Waals surface area contributed by atoms with Crippen molar-refractivity contribution in [1.29, 1.82) is 0 Å². The molecule has 1 aliphatic rings. The molecule has 4 N–H and O–H groups in total. The molecule has 4 rings (SSSR count). The van der Waals surface area contributed by atoms with Crippen LogP contribution in [0.2, 0.25) is 0 Å². The number of fused-ring (bicyclic) bond motifs is 1. The zero-order valence-corrected chi connectivity index (χ0v) is 17.7. The van der Waals surface area contributed by atoms with E-state index in [2.05, 4.69) is 9.97 Å². The van der Waals surface area contributed by atoms with Crippen molar-refractivity contribution in [3.63, 3.8) is 0 Å². The van der Waals surface area contributed by atoms with Crippen molar-refractivity contribution in [3.05, 3.63) is 42.2 Å². The Bertz CT molecular complexity index is 1130. The predicted molar refractivity (Wildman–Crippen MR) is 116 cm³/mol. The highest BCUT2D eigenvalue weighted by atomic mass is 19.1. The van der Waals surface area contributed by atoms with Crippen LogP contribution in [0.5, 0.6) is 0 Å². The Morgan fingerprint density at radius 2 is 1.84 bits per heavy atom. The summed E-state index contributed by atoms with van der Waals surface area (Å²) in [6.07, 6.45) is -0.109. The first-order valence-electron chi connectivity index (χ1n) is 10.1. The third kappa shape index (κ3) is 4.27. The van der Waals surface area contributed by atoms with Crippen LogP contribution in [-0.4, -0.2) is 39.2 Å². The molecule has 0 amide bonds. The van der Waals surface area contributed by atoms with Crippen LogP contribution in [0.4, 0.5) is 16.2 Å². The van der Waals surface area contributed by atoms with Crippen molar-refractivity contribution in [2.45, 2.75) is 39.0 Å². The Kier molecular flexibility index (Phi) is 5.22. The van der Waals surface area contributed by atoms with Gasteiger partial charge in [0.25, 0.3) is 0 Å². The molecule has 0 aliphatic carbocycles. The Labute approximate surface area is 179 Å². The molecule has 9 heteroatoms. The van der Waals surface area contributed by atoms with Gasteiger partial charge in [0.2, 0.25) is 5.95 Å². The largest absolute Gasteiger partial charge is 0.460 e. The number of rotatable bonds is 3. The van der Waals surface area contributed by atoms with Gasteiger partial charge in [-0.3, -0.25) is 4.79 Å². The molecule has 1 unspecified atom stereocenters. The fourth-order valence-electron chi connectivity index (χ4n) is 3.70. The highest BCUT2D eigenvalue weighted by Crippen LogP contribution is 2.33. The quantitative estimate of drug-likeness (QED) is 0.616. The summed E-state index contributed by atoms with van der Waals surface area (Å²) in [5, 5.41) is 0. The van der Waals surface area contributed by atoms with Crippen molar-refractivity contribution >= 4 is 28.8 Å². The monoisotopic (exact) mass is 424 g/mol. The number of hydrogen-bond acceptors (Lipinski definition) is 8. The maximum Gasteiger partial charge on any atom is 0.313 e. The lowest BCUT2D eigenvalue weighted by atomic mass is 10.1. The van der Waals surface area contributed by atoms with E-state index in [1.165, 1.54) is 12.1 Å². The van der Waals surface area contributed by atoms with Gasteiger partial charge in [-0.25, -0.2) is 14.4 Å². The lowest BCUT2D eigenvalue weighted by molar-refractivity contribution is -0.160. The molecule has 1 aromatic carbocycles. The fourth-order valence-corrected chi connectivity index (χ4v) is 3.70. The number of esters is 1. The highest BCUT2D eigenvalue weighted by Gasteiger charge is 2.40. The molecule has 162 valence electrons. The van der Waals surface area contributed by atoms with E-state index < -0.39 is 17.7 Å². The van der Waals surface area contributed by atoms with Crippen LogP contribution in [-0.2, 0) is 9.53 Å². The summed E-state index contributed by atoms with van der Waals surface area (Å²) in [5.41, 5.74) is 14.2. The molecule has 0 spiro atoms. The third-order valence-electron chi connectivity index (χ3n) is 5.12. The Balaban J connectivity index is 1.72. The van der Waals surface area contributed by atoms with Crippen LogP contribution in [0.1, 0.15) is 27.2 Å². The third-order valence-corrected chi connectivity index (χ3v) is 5.12. The Hall–Kier alpha value is -3.33. The van der Waals surface area contributed by atoms with Gasteiger partial charge in [0.1, 0.15) is 16.9 Å². The van der Waals surface area contributed by atoms with Gasteiger partial charge in [-0.05, 0) is 63.6 Å². The van der Waals surface area contributed by atoms with Crippen molar-refractivity contribution in [2.24, 2.45) is 11.7 Å². The van der Waals surface area contributed by atoms with Gasteiger partial charge < -0.3 is 21.1 Å². The average Bonchev–Trinajstić information content (AvgIpc) is 3.08. The topological polar surface area (TPSA) is 120 Å². The Morgan fingerprint density at radius 1 is 1.13 bits per heavy atom. The van der Waals surface area contributed by atoms with Crippen LogP contribution in [0.25, 0.3) is 22.3 Å². The van der Waals surface area contributed by atoms with E-state index >= 15 is 0 Å². The summed E-state index contributed by atoms with van der Waals surface area (Å²) in [7, 11) is 0. The standard InChI is InChI=1S/C22H25FN6O2/c1-22(2,3)31-20(30)14-10-11-29(18(14)24)19-17-16(27-21(25)28-19)9-8-15(26-17)12-4-6-13(23)7-5-12/h4-9,14,18H,10-11,24H2,1-3H3,(H2,25,27,28)/t14?,18-/m1/s1. The smallest absolute Gasteiger partial charge is 0.313 e. The SMILES string of the molecule is CC(C)(C)OC(=O)C1CCN(c2nc(N)nc3ccc(-c4ccc(F)cc4)nc23)[C@H]1N. The van der Waals surface area contributed by atoms with E-state index in [1.54, 1.807) is 24.3 Å². The summed E-state index contributed by atoms with van der Waals surface area (Å²) >= 11 is 0. The summed E-state index contributed by atoms with van der Waals surface area (Å²) in [5.74, 6) is -0.603. The number of pyridine rings is 1. The first kappa shape index (κ1) is 20.9. The van der Waals surface area contributed by atoms with Crippen LogP contribution >= 0.6 is 0 Å². The summed E-state index contributed by atoms with van der Waals surface area (Å²) in [4.78, 5) is 27.8. The lowest BCUT2D eigenvalue weighted by Gasteiger charge is -2.27. The molecule has 1 aliphatic heterocycles. The van der Waals surface area contributed by atoms with Crippen molar-refractivity contribution in [2.75, 3.05) is 17.2 Å². The molecule has 0 bridgehead atoms. The van der Waals surface area contributed by atoms with E-state index in [9.17, 15) is 9.18 Å². The molecule has 1 fully saturated rings. The molecule has 31 heavy (non-hydrogen) atoms. The van der Waals surface area contributed by atoms with Gasteiger partial charge in [-0.1, -0.05) is 0 Å². The average molecular weight is 424 g/mol. The summed E-state index contributed by atoms with van der Waals surface area (Å²) in [6, 6.07) is 9.64. The van der Waals surface area contributed by atoms with E-state index in [-0.39, 0.29) is 17.7 Å². The molecule has 2 atom stereocenters. The van der Waals surface area contributed by atoms with Gasteiger partial charge in [0.15, 0.2) is 5.82 Å². The second-order valence-corrected chi connectivity index (χ2v) is 8.59. The van der Waals surface area contributed by atoms with Crippen molar-refractivity contribution in [1.82, 2.24) is 15.0 Å². The molecule has 0 radical (unpaired) electrons. The molecule has 8 nitrogen and oxygen atoms in total. The Morgan fingerprint density at radius 3 is 2.52 bits per heavy atom. The molecular weight excluding hydrogens is 399 g/mol. The van der Waals surface area contributed by atoms with Crippen LogP contribution < -0.4 is 16.4 Å². The number of ether oxygens (including phenoxy) is 1. The highest BCUT2D eigenvalue weighted by molar-refractivity contribution is 5.89.